The summed E-state index contributed by atoms with van der Waals surface area (Å²) < 4.78 is 10.2. The summed E-state index contributed by atoms with van der Waals surface area (Å²) in [4.78, 5) is 20.6. The molecule has 0 spiro atoms. The lowest BCUT2D eigenvalue weighted by molar-refractivity contribution is 0.0524. The van der Waals surface area contributed by atoms with E-state index in [-0.39, 0.29) is 5.97 Å². The van der Waals surface area contributed by atoms with E-state index in [9.17, 15) is 4.79 Å². The highest BCUT2D eigenvalue weighted by Crippen LogP contribution is 2.22. The largest absolute Gasteiger partial charge is 0.497 e. The van der Waals surface area contributed by atoms with Gasteiger partial charge in [0.05, 0.1) is 25.0 Å². The van der Waals surface area contributed by atoms with Gasteiger partial charge in [0.15, 0.2) is 5.82 Å². The summed E-state index contributed by atoms with van der Waals surface area (Å²) in [5, 5.41) is 0. The Balaban J connectivity index is 2.40. The topological polar surface area (TPSA) is 61.3 Å². The van der Waals surface area contributed by atoms with Crippen LogP contribution in [0.5, 0.6) is 5.75 Å². The van der Waals surface area contributed by atoms with Crippen LogP contribution in [-0.2, 0) is 11.2 Å². The minimum Gasteiger partial charge on any atom is -0.497 e. The van der Waals surface area contributed by atoms with Gasteiger partial charge in [0, 0.05) is 11.8 Å². The van der Waals surface area contributed by atoms with Gasteiger partial charge in [-0.05, 0) is 25.5 Å². The van der Waals surface area contributed by atoms with Crippen molar-refractivity contribution in [3.8, 4) is 17.1 Å². The monoisotopic (exact) mass is 286 g/mol. The Bertz CT molecular complexity index is 641. The van der Waals surface area contributed by atoms with E-state index in [1.807, 2.05) is 31.2 Å². The summed E-state index contributed by atoms with van der Waals surface area (Å²) in [5.41, 5.74) is 1.95. The van der Waals surface area contributed by atoms with Gasteiger partial charge >= 0.3 is 5.97 Å². The zero-order chi connectivity index (χ0) is 15.2. The number of carbonyl (C=O) groups is 1. The Morgan fingerprint density at radius 1 is 1.29 bits per heavy atom. The van der Waals surface area contributed by atoms with Gasteiger partial charge < -0.3 is 9.47 Å². The molecule has 0 aliphatic carbocycles. The summed E-state index contributed by atoms with van der Waals surface area (Å²) in [5.74, 6) is 0.925. The third kappa shape index (κ3) is 3.37. The molecule has 1 aromatic heterocycles. The lowest BCUT2D eigenvalue weighted by Crippen LogP contribution is -2.11. The fraction of sp³-hybridized carbons (Fsp3) is 0.312. The van der Waals surface area contributed by atoms with Crippen LogP contribution < -0.4 is 4.74 Å². The van der Waals surface area contributed by atoms with Gasteiger partial charge in [0.25, 0.3) is 0 Å². The van der Waals surface area contributed by atoms with Crippen LogP contribution in [0.2, 0.25) is 0 Å². The van der Waals surface area contributed by atoms with Gasteiger partial charge in [0.2, 0.25) is 0 Å². The Morgan fingerprint density at radius 2 is 2.10 bits per heavy atom. The molecule has 1 heterocycles. The van der Waals surface area contributed by atoms with Crippen molar-refractivity contribution in [2.24, 2.45) is 0 Å². The van der Waals surface area contributed by atoms with Crippen LogP contribution in [0.25, 0.3) is 11.4 Å². The minimum atomic E-state index is -0.383. The number of ether oxygens (including phenoxy) is 2. The number of rotatable bonds is 5. The molecule has 5 heteroatoms. The van der Waals surface area contributed by atoms with Gasteiger partial charge in [-0.1, -0.05) is 19.1 Å². The van der Waals surface area contributed by atoms with Crippen molar-refractivity contribution < 1.29 is 14.3 Å². The maximum atomic E-state index is 11.9. The van der Waals surface area contributed by atoms with E-state index in [1.54, 1.807) is 14.0 Å². The minimum absolute atomic E-state index is 0.333. The number of nitrogens with zero attached hydrogens (tertiary/aromatic N) is 2. The van der Waals surface area contributed by atoms with Crippen LogP contribution >= 0.6 is 0 Å². The quantitative estimate of drug-likeness (QED) is 0.791. The Labute approximate surface area is 124 Å². The van der Waals surface area contributed by atoms with E-state index in [0.717, 1.165) is 11.3 Å². The molecule has 2 rings (SSSR count). The Morgan fingerprint density at radius 3 is 2.76 bits per heavy atom. The summed E-state index contributed by atoms with van der Waals surface area (Å²) in [6, 6.07) is 7.50. The van der Waals surface area contributed by atoms with E-state index in [2.05, 4.69) is 9.97 Å². The molecule has 0 radical (unpaired) electrons. The fourth-order valence-corrected chi connectivity index (χ4v) is 1.97. The van der Waals surface area contributed by atoms with Gasteiger partial charge in [0.1, 0.15) is 5.75 Å². The third-order valence-electron chi connectivity index (χ3n) is 3.03. The predicted octanol–water partition coefficient (Wildman–Crippen LogP) is 2.89. The first-order valence-corrected chi connectivity index (χ1v) is 6.87. The zero-order valence-corrected chi connectivity index (χ0v) is 12.4. The average Bonchev–Trinajstić information content (AvgIpc) is 2.54. The van der Waals surface area contributed by atoms with Gasteiger partial charge in [-0.15, -0.1) is 0 Å². The first-order valence-electron chi connectivity index (χ1n) is 6.87. The van der Waals surface area contributed by atoms with Gasteiger partial charge in [-0.2, -0.15) is 0 Å². The van der Waals surface area contributed by atoms with E-state index >= 15 is 0 Å². The number of aryl methyl sites for hydroxylation is 1. The molecule has 5 nitrogen and oxygen atoms in total. The standard InChI is InChI=1S/C16H18N2O3/c1-4-14-13(16(19)21-5-2)10-17-15(18-14)11-7-6-8-12(9-11)20-3/h6-10H,4-5H2,1-3H3. The number of methoxy groups -OCH3 is 1. The molecule has 0 saturated heterocycles. The average molecular weight is 286 g/mol. The highest BCUT2D eigenvalue weighted by atomic mass is 16.5. The van der Waals surface area contributed by atoms with E-state index in [0.29, 0.717) is 30.1 Å². The second kappa shape index (κ2) is 6.83. The SMILES string of the molecule is CCOC(=O)c1cnc(-c2cccc(OC)c2)nc1CC. The fourth-order valence-electron chi connectivity index (χ4n) is 1.97. The lowest BCUT2D eigenvalue weighted by Gasteiger charge is -2.09. The summed E-state index contributed by atoms with van der Waals surface area (Å²) in [6.45, 7) is 4.05. The molecule has 2 aromatic rings. The molecule has 0 unspecified atom stereocenters. The molecule has 0 fully saturated rings. The summed E-state index contributed by atoms with van der Waals surface area (Å²) in [7, 11) is 1.61. The van der Waals surface area contributed by atoms with Crippen LogP contribution in [0.1, 0.15) is 29.9 Å². The lowest BCUT2D eigenvalue weighted by atomic mass is 10.1. The molecular weight excluding hydrogens is 268 g/mol. The second-order valence-electron chi connectivity index (χ2n) is 4.36. The summed E-state index contributed by atoms with van der Waals surface area (Å²) in [6.07, 6.45) is 2.16. The first-order chi connectivity index (χ1) is 10.2. The van der Waals surface area contributed by atoms with Crippen LogP contribution in [0.3, 0.4) is 0 Å². The second-order valence-corrected chi connectivity index (χ2v) is 4.36. The van der Waals surface area contributed by atoms with Gasteiger partial charge in [-0.3, -0.25) is 0 Å². The number of esters is 1. The van der Waals surface area contributed by atoms with Crippen LogP contribution in [0, 0.1) is 0 Å². The van der Waals surface area contributed by atoms with Crippen molar-refractivity contribution >= 4 is 5.97 Å². The zero-order valence-electron chi connectivity index (χ0n) is 12.4. The van der Waals surface area contributed by atoms with Crippen LogP contribution in [0.4, 0.5) is 0 Å². The molecule has 0 amide bonds. The molecule has 0 aliphatic rings. The Hall–Kier alpha value is -2.43. The molecule has 110 valence electrons. The van der Waals surface area contributed by atoms with Crippen molar-refractivity contribution in [3.63, 3.8) is 0 Å². The number of benzene rings is 1. The van der Waals surface area contributed by atoms with Crippen molar-refractivity contribution in [2.45, 2.75) is 20.3 Å². The van der Waals surface area contributed by atoms with Crippen molar-refractivity contribution in [2.75, 3.05) is 13.7 Å². The summed E-state index contributed by atoms with van der Waals surface area (Å²) >= 11 is 0. The van der Waals surface area contributed by atoms with Gasteiger partial charge in [-0.25, -0.2) is 14.8 Å². The van der Waals surface area contributed by atoms with Crippen molar-refractivity contribution in [1.29, 1.82) is 0 Å². The number of hydrogen-bond donors (Lipinski definition) is 0. The van der Waals surface area contributed by atoms with Crippen LogP contribution in [0.15, 0.2) is 30.5 Å². The predicted molar refractivity (Wildman–Crippen MR) is 79.4 cm³/mol. The molecule has 0 aliphatic heterocycles. The number of carbonyl (C=O) groups excluding carboxylic acids is 1. The number of hydrogen-bond acceptors (Lipinski definition) is 5. The molecule has 21 heavy (non-hydrogen) atoms. The molecular formula is C16H18N2O3. The maximum absolute atomic E-state index is 11.9. The molecule has 0 N–H and O–H groups in total. The highest BCUT2D eigenvalue weighted by Gasteiger charge is 2.15. The van der Waals surface area contributed by atoms with Crippen molar-refractivity contribution in [3.05, 3.63) is 41.7 Å². The third-order valence-corrected chi connectivity index (χ3v) is 3.03. The highest BCUT2D eigenvalue weighted by molar-refractivity contribution is 5.90. The smallest absolute Gasteiger partial charge is 0.341 e. The van der Waals surface area contributed by atoms with Crippen LogP contribution in [-0.4, -0.2) is 29.7 Å². The number of aromatic nitrogens is 2. The van der Waals surface area contributed by atoms with E-state index < -0.39 is 0 Å². The first kappa shape index (κ1) is 15.0. The maximum Gasteiger partial charge on any atom is 0.341 e. The van der Waals surface area contributed by atoms with E-state index in [4.69, 9.17) is 9.47 Å². The van der Waals surface area contributed by atoms with E-state index in [1.165, 1.54) is 6.20 Å². The molecule has 0 atom stereocenters. The Kier molecular flexibility index (Phi) is 4.87. The molecule has 0 bridgehead atoms. The molecule has 1 aromatic carbocycles. The van der Waals surface area contributed by atoms with Crippen molar-refractivity contribution in [1.82, 2.24) is 9.97 Å². The molecule has 0 saturated carbocycles. The normalized spacial score (nSPS) is 10.2.